The smallest absolute Gasteiger partial charge is 0.413 e. The lowest BCUT2D eigenvalue weighted by molar-refractivity contribution is 0.155. The fourth-order valence-corrected chi connectivity index (χ4v) is 2.58. The lowest BCUT2D eigenvalue weighted by Gasteiger charge is -2.04. The summed E-state index contributed by atoms with van der Waals surface area (Å²) < 4.78 is 5.10. The molecule has 0 fully saturated rings. The lowest BCUT2D eigenvalue weighted by Crippen LogP contribution is -2.13. The maximum Gasteiger partial charge on any atom is 0.413 e. The van der Waals surface area contributed by atoms with Gasteiger partial charge in [-0.15, -0.1) is 0 Å². The molecule has 2 aromatic heterocycles. The highest BCUT2D eigenvalue weighted by Gasteiger charge is 2.09. The number of nitrogens with zero attached hydrogens (tertiary/aromatic N) is 1. The Kier molecular flexibility index (Phi) is 3.65. The zero-order valence-electron chi connectivity index (χ0n) is 10.8. The Morgan fingerprint density at radius 3 is 2.86 bits per heavy atom. The van der Waals surface area contributed by atoms with Gasteiger partial charge in [0, 0.05) is 6.07 Å². The molecule has 0 spiro atoms. The molecule has 7 heteroatoms. The van der Waals surface area contributed by atoms with E-state index in [0.29, 0.717) is 15.5 Å². The second kappa shape index (κ2) is 5.76. The largest absolute Gasteiger partial charge is 0.444 e. The molecule has 0 radical (unpaired) electrons. The molecule has 1 aromatic carbocycles. The Bertz CT molecular complexity index is 826. The maximum atomic E-state index is 11.7. The summed E-state index contributed by atoms with van der Waals surface area (Å²) in [6, 6.07) is 12.4. The number of anilines is 1. The van der Waals surface area contributed by atoms with Crippen LogP contribution in [0.25, 0.3) is 10.3 Å². The Labute approximate surface area is 123 Å². The molecule has 0 atom stereocenters. The first-order valence-electron chi connectivity index (χ1n) is 6.18. The number of rotatable bonds is 3. The highest BCUT2D eigenvalue weighted by atomic mass is 32.1. The number of amides is 1. The van der Waals surface area contributed by atoms with E-state index in [9.17, 15) is 9.59 Å². The number of benzene rings is 1. The molecule has 0 aliphatic carbocycles. The third-order valence-electron chi connectivity index (χ3n) is 2.70. The van der Waals surface area contributed by atoms with Crippen molar-refractivity contribution in [1.82, 2.24) is 9.97 Å². The zero-order valence-corrected chi connectivity index (χ0v) is 11.6. The van der Waals surface area contributed by atoms with E-state index in [1.165, 1.54) is 17.4 Å². The quantitative estimate of drug-likeness (QED) is 0.779. The van der Waals surface area contributed by atoms with E-state index in [0.717, 1.165) is 5.56 Å². The van der Waals surface area contributed by atoms with E-state index in [1.807, 2.05) is 30.3 Å². The van der Waals surface area contributed by atoms with Crippen molar-refractivity contribution in [2.24, 2.45) is 0 Å². The second-order valence-corrected chi connectivity index (χ2v) is 5.24. The number of hydrogen-bond acceptors (Lipinski definition) is 5. The van der Waals surface area contributed by atoms with Crippen molar-refractivity contribution in [2.75, 3.05) is 5.32 Å². The van der Waals surface area contributed by atoms with E-state index < -0.39 is 6.09 Å². The van der Waals surface area contributed by atoms with Gasteiger partial charge in [0.15, 0.2) is 5.13 Å². The zero-order chi connectivity index (χ0) is 14.7. The number of aromatic amines is 1. The van der Waals surface area contributed by atoms with Crippen LogP contribution in [0.4, 0.5) is 9.93 Å². The fourth-order valence-electron chi connectivity index (χ4n) is 1.74. The number of thiazole rings is 1. The topological polar surface area (TPSA) is 84.1 Å². The first-order valence-corrected chi connectivity index (χ1v) is 7.00. The molecule has 3 aromatic rings. The van der Waals surface area contributed by atoms with Gasteiger partial charge in [-0.1, -0.05) is 41.7 Å². The van der Waals surface area contributed by atoms with E-state index in [2.05, 4.69) is 15.3 Å². The van der Waals surface area contributed by atoms with Gasteiger partial charge in [0.05, 0.1) is 0 Å². The molecule has 21 heavy (non-hydrogen) atoms. The van der Waals surface area contributed by atoms with Crippen LogP contribution in [0.5, 0.6) is 0 Å². The van der Waals surface area contributed by atoms with E-state index in [4.69, 9.17) is 4.74 Å². The van der Waals surface area contributed by atoms with Gasteiger partial charge >= 0.3 is 6.09 Å². The summed E-state index contributed by atoms with van der Waals surface area (Å²) >= 11 is 1.18. The minimum atomic E-state index is -0.583. The number of hydrogen-bond donors (Lipinski definition) is 2. The third kappa shape index (κ3) is 3.26. The lowest BCUT2D eigenvalue weighted by atomic mass is 10.2. The van der Waals surface area contributed by atoms with E-state index >= 15 is 0 Å². The molecular formula is C14H11N3O3S. The minimum absolute atomic E-state index is 0.189. The Hall–Kier alpha value is -2.67. The summed E-state index contributed by atoms with van der Waals surface area (Å²) in [6.45, 7) is 0.189. The van der Waals surface area contributed by atoms with Gasteiger partial charge in [-0.3, -0.25) is 10.1 Å². The monoisotopic (exact) mass is 301 g/mol. The summed E-state index contributed by atoms with van der Waals surface area (Å²) in [5.41, 5.74) is 1.32. The van der Waals surface area contributed by atoms with E-state index in [1.54, 1.807) is 6.07 Å². The first-order chi connectivity index (χ1) is 10.2. The fraction of sp³-hybridized carbons (Fsp3) is 0.0714. The van der Waals surface area contributed by atoms with Crippen molar-refractivity contribution in [1.29, 1.82) is 0 Å². The number of ether oxygens (including phenoxy) is 1. The third-order valence-corrected chi connectivity index (χ3v) is 3.61. The predicted octanol–water partition coefficient (Wildman–Crippen LogP) is 2.73. The Morgan fingerprint density at radius 1 is 1.24 bits per heavy atom. The number of pyridine rings is 1. The molecule has 1 amide bonds. The van der Waals surface area contributed by atoms with Crippen LogP contribution >= 0.6 is 11.3 Å². The average molecular weight is 301 g/mol. The summed E-state index contributed by atoms with van der Waals surface area (Å²) in [6.07, 6.45) is -0.583. The number of aromatic nitrogens is 2. The molecule has 0 aliphatic rings. The molecule has 3 rings (SSSR count). The van der Waals surface area contributed by atoms with Crippen LogP contribution < -0.4 is 10.9 Å². The molecule has 106 valence electrons. The van der Waals surface area contributed by atoms with Gasteiger partial charge in [0.25, 0.3) is 0 Å². The number of fused-ring (bicyclic) bond motifs is 1. The van der Waals surface area contributed by atoms with Crippen LogP contribution in [0, 0.1) is 0 Å². The molecular weight excluding hydrogens is 290 g/mol. The highest BCUT2D eigenvalue weighted by Crippen LogP contribution is 2.22. The van der Waals surface area contributed by atoms with Gasteiger partial charge in [-0.2, -0.15) is 0 Å². The summed E-state index contributed by atoms with van der Waals surface area (Å²) in [5.74, 6) is 0. The van der Waals surface area contributed by atoms with Crippen LogP contribution in [-0.4, -0.2) is 16.1 Å². The van der Waals surface area contributed by atoms with Crippen LogP contribution in [0.1, 0.15) is 5.56 Å². The number of nitrogens with one attached hydrogen (secondary N) is 2. The van der Waals surface area contributed by atoms with Crippen molar-refractivity contribution in [3.63, 3.8) is 0 Å². The van der Waals surface area contributed by atoms with Crippen LogP contribution in [0.15, 0.2) is 47.3 Å². The van der Waals surface area contributed by atoms with Crippen molar-refractivity contribution in [3.05, 3.63) is 58.4 Å². The van der Waals surface area contributed by atoms with Crippen LogP contribution in [0.2, 0.25) is 0 Å². The molecule has 0 saturated carbocycles. The Morgan fingerprint density at radius 2 is 2.05 bits per heavy atom. The number of H-pyrrole nitrogens is 1. The van der Waals surface area contributed by atoms with Gasteiger partial charge in [0.2, 0.25) is 5.56 Å². The maximum absolute atomic E-state index is 11.7. The van der Waals surface area contributed by atoms with Crippen molar-refractivity contribution in [2.45, 2.75) is 6.61 Å². The van der Waals surface area contributed by atoms with Crippen molar-refractivity contribution in [3.8, 4) is 0 Å². The molecule has 0 bridgehead atoms. The summed E-state index contributed by atoms with van der Waals surface area (Å²) in [4.78, 5) is 30.3. The highest BCUT2D eigenvalue weighted by molar-refractivity contribution is 7.21. The van der Waals surface area contributed by atoms with Gasteiger partial charge in [-0.05, 0) is 11.6 Å². The minimum Gasteiger partial charge on any atom is -0.444 e. The molecule has 0 aliphatic heterocycles. The average Bonchev–Trinajstić information content (AvgIpc) is 2.87. The molecule has 6 nitrogen and oxygen atoms in total. The van der Waals surface area contributed by atoms with Gasteiger partial charge in [-0.25, -0.2) is 9.78 Å². The van der Waals surface area contributed by atoms with Crippen LogP contribution in [0.3, 0.4) is 0 Å². The standard InChI is InChI=1S/C14H11N3O3S/c18-11-7-6-10-12(16-11)21-13(15-10)17-14(19)20-8-9-4-2-1-3-5-9/h1-7H,8H2,(H,16,18)(H,15,17,19). The van der Waals surface area contributed by atoms with Crippen molar-refractivity contribution < 1.29 is 9.53 Å². The molecule has 0 saturated heterocycles. The summed E-state index contributed by atoms with van der Waals surface area (Å²) in [5, 5.41) is 2.92. The molecule has 0 unspecified atom stereocenters. The molecule has 2 heterocycles. The van der Waals surface area contributed by atoms with Crippen LogP contribution in [-0.2, 0) is 11.3 Å². The van der Waals surface area contributed by atoms with Gasteiger partial charge < -0.3 is 9.72 Å². The van der Waals surface area contributed by atoms with Crippen molar-refractivity contribution >= 4 is 32.9 Å². The first kappa shape index (κ1) is 13.3. The van der Waals surface area contributed by atoms with Gasteiger partial charge in [0.1, 0.15) is 17.0 Å². The molecule has 2 N–H and O–H groups in total. The number of carbonyl (C=O) groups excluding carboxylic acids is 1. The Balaban J connectivity index is 1.64. The normalized spacial score (nSPS) is 10.5. The second-order valence-electron chi connectivity index (χ2n) is 4.24. The number of carbonyl (C=O) groups is 1. The summed E-state index contributed by atoms with van der Waals surface area (Å²) in [7, 11) is 0. The predicted molar refractivity (Wildman–Crippen MR) is 80.5 cm³/mol. The SMILES string of the molecule is O=C(Nc1nc2ccc(=O)[nH]c2s1)OCc1ccccc1. The van der Waals surface area contributed by atoms with E-state index in [-0.39, 0.29) is 12.2 Å².